The van der Waals surface area contributed by atoms with E-state index >= 15 is 0 Å². The molecule has 0 spiro atoms. The van der Waals surface area contributed by atoms with E-state index in [1.54, 1.807) is 34.8 Å². The van der Waals surface area contributed by atoms with Crippen LogP contribution in [0.15, 0.2) is 35.5 Å². The largest absolute Gasteiger partial charge is 0.465 e. The van der Waals surface area contributed by atoms with Crippen molar-refractivity contribution in [3.63, 3.8) is 0 Å². The van der Waals surface area contributed by atoms with Gasteiger partial charge in [0, 0.05) is 0 Å². The zero-order valence-electron chi connectivity index (χ0n) is 16.4. The van der Waals surface area contributed by atoms with Gasteiger partial charge in [-0.25, -0.2) is 9.59 Å². The Morgan fingerprint density at radius 3 is 2.37 bits per heavy atom. The molecule has 1 aromatic heterocycles. The summed E-state index contributed by atoms with van der Waals surface area (Å²) in [7, 11) is 1.36. The molecule has 0 aliphatic rings. The van der Waals surface area contributed by atoms with E-state index in [-0.39, 0.29) is 11.9 Å². The maximum Gasteiger partial charge on any atom is 0.343 e. The second kappa shape index (κ2) is 9.08. The molecule has 0 fully saturated rings. The molecule has 0 aliphatic heterocycles. The van der Waals surface area contributed by atoms with Gasteiger partial charge in [-0.1, -0.05) is 19.1 Å². The molecule has 2 rings (SSSR count). The van der Waals surface area contributed by atoms with Gasteiger partial charge in [0.2, 0.25) is 0 Å². The predicted octanol–water partition coefficient (Wildman–Crippen LogP) is 4.18. The van der Waals surface area contributed by atoms with Crippen LogP contribution in [-0.2, 0) is 16.0 Å². The van der Waals surface area contributed by atoms with E-state index in [0.29, 0.717) is 17.7 Å². The molecule has 2 aromatic rings. The van der Waals surface area contributed by atoms with Crippen molar-refractivity contribution in [2.75, 3.05) is 12.9 Å². The lowest BCUT2D eigenvalue weighted by Crippen LogP contribution is -2.24. The lowest BCUT2D eigenvalue weighted by molar-refractivity contribution is 0.00649. The Bertz CT molecular complexity index is 791. The van der Waals surface area contributed by atoms with E-state index in [1.165, 1.54) is 7.11 Å². The Labute approximate surface area is 164 Å². The fraction of sp³-hybridized carbons (Fsp3) is 0.450. The summed E-state index contributed by atoms with van der Waals surface area (Å²) in [6.07, 6.45) is 2.55. The van der Waals surface area contributed by atoms with E-state index in [1.807, 2.05) is 32.9 Å². The van der Waals surface area contributed by atoms with Gasteiger partial charge in [-0.3, -0.25) is 4.68 Å². The topological polar surface area (TPSA) is 70.4 Å². The molecule has 146 valence electrons. The molecule has 1 aromatic carbocycles. The summed E-state index contributed by atoms with van der Waals surface area (Å²) in [6, 6.07) is 7.15. The van der Waals surface area contributed by atoms with Crippen LogP contribution in [0.1, 0.15) is 60.4 Å². The van der Waals surface area contributed by atoms with Gasteiger partial charge in [0.15, 0.2) is 0 Å². The third kappa shape index (κ3) is 5.85. The van der Waals surface area contributed by atoms with Gasteiger partial charge in [0.1, 0.15) is 16.2 Å². The zero-order chi connectivity index (χ0) is 20.0. The third-order valence-corrected chi connectivity index (χ3v) is 4.88. The monoisotopic (exact) mass is 390 g/mol. The van der Waals surface area contributed by atoms with Gasteiger partial charge in [-0.15, -0.1) is 11.8 Å². The average molecular weight is 391 g/mol. The molecule has 7 heteroatoms. The standard InChI is InChI=1S/C20H26N2O4S/c1-6-11-27-17-16(19(24)26-20(2,3)4)12-21-22(17)13-14-7-9-15(10-8-14)18(23)25-5/h7-10,12H,6,11,13H2,1-5H3. The first-order valence-electron chi connectivity index (χ1n) is 8.84. The van der Waals surface area contributed by atoms with Crippen LogP contribution in [0.25, 0.3) is 0 Å². The first kappa shape index (κ1) is 21.0. The number of ether oxygens (including phenoxy) is 2. The predicted molar refractivity (Wildman–Crippen MR) is 105 cm³/mol. The minimum Gasteiger partial charge on any atom is -0.465 e. The Morgan fingerprint density at radius 2 is 1.81 bits per heavy atom. The summed E-state index contributed by atoms with van der Waals surface area (Å²) >= 11 is 1.59. The molecule has 0 N–H and O–H groups in total. The SMILES string of the molecule is CCCSc1c(C(=O)OC(C)(C)C)cnn1Cc1ccc(C(=O)OC)cc1. The number of thioether (sulfide) groups is 1. The number of esters is 2. The maximum absolute atomic E-state index is 12.5. The van der Waals surface area contributed by atoms with Gasteiger partial charge in [-0.2, -0.15) is 5.10 Å². The van der Waals surface area contributed by atoms with Crippen LogP contribution >= 0.6 is 11.8 Å². The molecule has 1 heterocycles. The van der Waals surface area contributed by atoms with Crippen molar-refractivity contribution >= 4 is 23.7 Å². The van der Waals surface area contributed by atoms with Crippen LogP contribution in [0.4, 0.5) is 0 Å². The van der Waals surface area contributed by atoms with Crippen LogP contribution in [0.2, 0.25) is 0 Å². The highest BCUT2D eigenvalue weighted by atomic mass is 32.2. The second-order valence-corrected chi connectivity index (χ2v) is 8.14. The van der Waals surface area contributed by atoms with E-state index in [9.17, 15) is 9.59 Å². The quantitative estimate of drug-likeness (QED) is 0.522. The molecule has 0 saturated heterocycles. The summed E-state index contributed by atoms with van der Waals surface area (Å²) in [4.78, 5) is 24.1. The van der Waals surface area contributed by atoms with E-state index in [2.05, 4.69) is 12.0 Å². The normalized spacial score (nSPS) is 11.3. The fourth-order valence-corrected chi connectivity index (χ4v) is 3.30. The van der Waals surface area contributed by atoms with Crippen molar-refractivity contribution in [1.82, 2.24) is 9.78 Å². The number of rotatable bonds is 7. The van der Waals surface area contributed by atoms with E-state index in [4.69, 9.17) is 9.47 Å². The smallest absolute Gasteiger partial charge is 0.343 e. The molecule has 0 atom stereocenters. The van der Waals surface area contributed by atoms with Gasteiger partial charge in [0.25, 0.3) is 0 Å². The highest BCUT2D eigenvalue weighted by Gasteiger charge is 2.24. The van der Waals surface area contributed by atoms with Crippen molar-refractivity contribution in [2.45, 2.75) is 51.3 Å². The molecular weight excluding hydrogens is 364 g/mol. The number of hydrogen-bond donors (Lipinski definition) is 0. The van der Waals surface area contributed by atoms with Crippen LogP contribution in [0, 0.1) is 0 Å². The number of carbonyl (C=O) groups is 2. The highest BCUT2D eigenvalue weighted by molar-refractivity contribution is 7.99. The third-order valence-electron chi connectivity index (χ3n) is 3.56. The number of methoxy groups -OCH3 is 1. The Hall–Kier alpha value is -2.28. The van der Waals surface area contributed by atoms with Gasteiger partial charge in [-0.05, 0) is 50.6 Å². The van der Waals surface area contributed by atoms with Crippen LogP contribution < -0.4 is 0 Å². The second-order valence-electron chi connectivity index (χ2n) is 7.06. The maximum atomic E-state index is 12.5. The number of benzene rings is 1. The lowest BCUT2D eigenvalue weighted by atomic mass is 10.1. The number of hydrogen-bond acceptors (Lipinski definition) is 6. The Kier molecular flexibility index (Phi) is 7.07. The molecule has 0 saturated carbocycles. The Balaban J connectivity index is 2.25. The lowest BCUT2D eigenvalue weighted by Gasteiger charge is -2.19. The van der Waals surface area contributed by atoms with Gasteiger partial charge < -0.3 is 9.47 Å². The van der Waals surface area contributed by atoms with Crippen molar-refractivity contribution in [2.24, 2.45) is 0 Å². The Morgan fingerprint density at radius 1 is 1.15 bits per heavy atom. The minimum absolute atomic E-state index is 0.367. The molecule has 27 heavy (non-hydrogen) atoms. The summed E-state index contributed by atoms with van der Waals surface area (Å²) in [5.74, 6) is 0.142. The van der Waals surface area contributed by atoms with Crippen LogP contribution in [0.3, 0.4) is 0 Å². The van der Waals surface area contributed by atoms with Gasteiger partial charge >= 0.3 is 11.9 Å². The molecule has 0 unspecified atom stereocenters. The van der Waals surface area contributed by atoms with E-state index in [0.717, 1.165) is 22.8 Å². The fourth-order valence-electron chi connectivity index (χ4n) is 2.35. The first-order chi connectivity index (χ1) is 12.7. The summed E-state index contributed by atoms with van der Waals surface area (Å²) < 4.78 is 12.0. The number of nitrogens with zero attached hydrogens (tertiary/aromatic N) is 2. The average Bonchev–Trinajstić information content (AvgIpc) is 3.01. The molecule has 0 amide bonds. The van der Waals surface area contributed by atoms with Crippen molar-refractivity contribution in [3.05, 3.63) is 47.2 Å². The molecule has 6 nitrogen and oxygen atoms in total. The van der Waals surface area contributed by atoms with Gasteiger partial charge in [0.05, 0.1) is 25.4 Å². The molecule has 0 aliphatic carbocycles. The summed E-state index contributed by atoms with van der Waals surface area (Å²) in [5.41, 5.74) is 1.39. The first-order valence-corrected chi connectivity index (χ1v) is 9.83. The zero-order valence-corrected chi connectivity index (χ0v) is 17.3. The van der Waals surface area contributed by atoms with E-state index < -0.39 is 5.60 Å². The minimum atomic E-state index is -0.560. The van der Waals surface area contributed by atoms with Crippen LogP contribution in [0.5, 0.6) is 0 Å². The van der Waals surface area contributed by atoms with Crippen LogP contribution in [-0.4, -0.2) is 40.2 Å². The molecule has 0 radical (unpaired) electrons. The molecular formula is C20H26N2O4S. The highest BCUT2D eigenvalue weighted by Crippen LogP contribution is 2.26. The van der Waals surface area contributed by atoms with Crippen molar-refractivity contribution in [3.8, 4) is 0 Å². The molecule has 0 bridgehead atoms. The van der Waals surface area contributed by atoms with Crippen molar-refractivity contribution < 1.29 is 19.1 Å². The van der Waals surface area contributed by atoms with Crippen molar-refractivity contribution in [1.29, 1.82) is 0 Å². The number of carbonyl (C=O) groups excluding carboxylic acids is 2. The number of aromatic nitrogens is 2. The summed E-state index contributed by atoms with van der Waals surface area (Å²) in [5, 5.41) is 5.19. The summed E-state index contributed by atoms with van der Waals surface area (Å²) in [6.45, 7) is 8.12.